The van der Waals surface area contributed by atoms with Crippen molar-refractivity contribution in [3.63, 3.8) is 0 Å². The molecule has 112 valence electrons. The predicted octanol–water partition coefficient (Wildman–Crippen LogP) is 1.99. The highest BCUT2D eigenvalue weighted by Gasteiger charge is 2.27. The van der Waals surface area contributed by atoms with Crippen molar-refractivity contribution in [1.82, 2.24) is 9.80 Å². The molecule has 5 heteroatoms. The predicted molar refractivity (Wildman–Crippen MR) is 76.4 cm³/mol. The summed E-state index contributed by atoms with van der Waals surface area (Å²) in [6.45, 7) is 2.49. The highest BCUT2D eigenvalue weighted by molar-refractivity contribution is 5.22. The largest absolute Gasteiger partial charge is 0.329 e. The normalized spacial score (nSPS) is 22.2. The average Bonchev–Trinajstić information content (AvgIpc) is 2.43. The second-order valence-corrected chi connectivity index (χ2v) is 5.65. The van der Waals surface area contributed by atoms with Crippen molar-refractivity contribution in [2.45, 2.75) is 24.9 Å². The van der Waals surface area contributed by atoms with Crippen molar-refractivity contribution in [1.29, 1.82) is 0 Å². The van der Waals surface area contributed by atoms with Crippen LogP contribution < -0.4 is 5.73 Å². The molecule has 20 heavy (non-hydrogen) atoms. The maximum atomic E-state index is 13.4. The Morgan fingerprint density at radius 1 is 1.40 bits per heavy atom. The number of nitrogens with zero attached hydrogens (tertiary/aromatic N) is 2. The maximum Gasteiger partial charge on any atom is 0.159 e. The Kier molecular flexibility index (Phi) is 5.07. The monoisotopic (exact) mass is 283 g/mol. The molecular weight excluding hydrogens is 260 g/mol. The molecule has 1 aliphatic heterocycles. The number of rotatable bonds is 4. The molecule has 2 unspecified atom stereocenters. The van der Waals surface area contributed by atoms with E-state index in [1.54, 1.807) is 6.07 Å². The van der Waals surface area contributed by atoms with E-state index in [0.29, 0.717) is 12.6 Å². The van der Waals surface area contributed by atoms with E-state index in [1.165, 1.54) is 12.1 Å². The standard InChI is InChI=1S/C15H23F2N3/c1-19-7-3-4-12(10-19)20(2)15(9-18)11-5-6-13(16)14(17)8-11/h5-6,8,12,15H,3-4,7,9-10,18H2,1-2H3. The summed E-state index contributed by atoms with van der Waals surface area (Å²) in [6, 6.07) is 4.38. The van der Waals surface area contributed by atoms with E-state index in [4.69, 9.17) is 5.73 Å². The Morgan fingerprint density at radius 3 is 2.75 bits per heavy atom. The van der Waals surface area contributed by atoms with Gasteiger partial charge in [0.25, 0.3) is 0 Å². The molecule has 0 aliphatic carbocycles. The van der Waals surface area contributed by atoms with Gasteiger partial charge in [-0.2, -0.15) is 0 Å². The lowest BCUT2D eigenvalue weighted by Gasteiger charge is -2.40. The van der Waals surface area contributed by atoms with Crippen molar-refractivity contribution < 1.29 is 8.78 Å². The number of nitrogens with two attached hydrogens (primary N) is 1. The summed E-state index contributed by atoms with van der Waals surface area (Å²) < 4.78 is 26.4. The van der Waals surface area contributed by atoms with E-state index in [9.17, 15) is 8.78 Å². The van der Waals surface area contributed by atoms with Crippen LogP contribution in [0.2, 0.25) is 0 Å². The van der Waals surface area contributed by atoms with Crippen LogP contribution in [0.3, 0.4) is 0 Å². The molecule has 0 bridgehead atoms. The van der Waals surface area contributed by atoms with Crippen LogP contribution >= 0.6 is 0 Å². The molecule has 3 nitrogen and oxygen atoms in total. The van der Waals surface area contributed by atoms with Gasteiger partial charge in [-0.3, -0.25) is 4.90 Å². The molecule has 1 saturated heterocycles. The van der Waals surface area contributed by atoms with Gasteiger partial charge < -0.3 is 10.6 Å². The third-order valence-corrected chi connectivity index (χ3v) is 4.22. The second-order valence-electron chi connectivity index (χ2n) is 5.65. The topological polar surface area (TPSA) is 32.5 Å². The summed E-state index contributed by atoms with van der Waals surface area (Å²) in [5.41, 5.74) is 6.60. The molecule has 2 N–H and O–H groups in total. The fourth-order valence-corrected chi connectivity index (χ4v) is 2.98. The smallest absolute Gasteiger partial charge is 0.159 e. The number of hydrogen-bond donors (Lipinski definition) is 1. The molecule has 0 saturated carbocycles. The molecular formula is C15H23F2N3. The van der Waals surface area contributed by atoms with Crippen LogP contribution in [0, 0.1) is 11.6 Å². The molecule has 1 heterocycles. The number of benzene rings is 1. The van der Waals surface area contributed by atoms with Gasteiger partial charge in [0, 0.05) is 25.2 Å². The average molecular weight is 283 g/mol. The first kappa shape index (κ1) is 15.4. The van der Waals surface area contributed by atoms with E-state index in [2.05, 4.69) is 16.8 Å². The fourth-order valence-electron chi connectivity index (χ4n) is 2.98. The molecule has 2 rings (SSSR count). The van der Waals surface area contributed by atoms with Gasteiger partial charge in [0.2, 0.25) is 0 Å². The lowest BCUT2D eigenvalue weighted by Crippen LogP contribution is -2.47. The Labute approximate surface area is 119 Å². The van der Waals surface area contributed by atoms with Crippen LogP contribution in [0.5, 0.6) is 0 Å². The number of halogens is 2. The minimum Gasteiger partial charge on any atom is -0.329 e. The quantitative estimate of drug-likeness (QED) is 0.917. The molecule has 0 aromatic heterocycles. The first-order chi connectivity index (χ1) is 9.52. The third-order valence-electron chi connectivity index (χ3n) is 4.22. The molecule has 1 fully saturated rings. The Bertz CT molecular complexity index is 453. The van der Waals surface area contributed by atoms with Crippen molar-refractivity contribution in [3.05, 3.63) is 35.4 Å². The minimum absolute atomic E-state index is 0.0819. The lowest BCUT2D eigenvalue weighted by atomic mass is 9.99. The van der Waals surface area contributed by atoms with Crippen LogP contribution in [0.15, 0.2) is 18.2 Å². The summed E-state index contributed by atoms with van der Waals surface area (Å²) in [5.74, 6) is -1.63. The van der Waals surface area contributed by atoms with Crippen molar-refractivity contribution in [3.8, 4) is 0 Å². The van der Waals surface area contributed by atoms with E-state index >= 15 is 0 Å². The molecule has 0 spiro atoms. The number of likely N-dealkylation sites (tertiary alicyclic amines) is 1. The lowest BCUT2D eigenvalue weighted by molar-refractivity contribution is 0.101. The summed E-state index contributed by atoms with van der Waals surface area (Å²) in [7, 11) is 4.12. The zero-order valence-corrected chi connectivity index (χ0v) is 12.1. The van der Waals surface area contributed by atoms with E-state index in [0.717, 1.165) is 31.5 Å². The van der Waals surface area contributed by atoms with Crippen LogP contribution in [0.4, 0.5) is 8.78 Å². The van der Waals surface area contributed by atoms with Gasteiger partial charge in [-0.25, -0.2) is 8.78 Å². The molecule has 2 atom stereocenters. The van der Waals surface area contributed by atoms with Crippen LogP contribution in [-0.4, -0.2) is 49.6 Å². The zero-order chi connectivity index (χ0) is 14.7. The Morgan fingerprint density at radius 2 is 2.15 bits per heavy atom. The van der Waals surface area contributed by atoms with Gasteiger partial charge >= 0.3 is 0 Å². The molecule has 1 aliphatic rings. The number of piperidine rings is 1. The first-order valence-electron chi connectivity index (χ1n) is 7.08. The van der Waals surface area contributed by atoms with Crippen LogP contribution in [0.1, 0.15) is 24.4 Å². The van der Waals surface area contributed by atoms with Gasteiger partial charge in [0.15, 0.2) is 11.6 Å². The van der Waals surface area contributed by atoms with Gasteiger partial charge in [-0.1, -0.05) is 6.07 Å². The second kappa shape index (κ2) is 6.61. The van der Waals surface area contributed by atoms with E-state index in [1.807, 2.05) is 7.05 Å². The molecule has 0 amide bonds. The summed E-state index contributed by atoms with van der Waals surface area (Å²) >= 11 is 0. The van der Waals surface area contributed by atoms with Gasteiger partial charge in [-0.05, 0) is 51.2 Å². The van der Waals surface area contributed by atoms with Crippen LogP contribution in [0.25, 0.3) is 0 Å². The Balaban J connectivity index is 2.15. The highest BCUT2D eigenvalue weighted by Crippen LogP contribution is 2.25. The molecule has 1 aromatic rings. The zero-order valence-electron chi connectivity index (χ0n) is 12.1. The van der Waals surface area contributed by atoms with Gasteiger partial charge in [-0.15, -0.1) is 0 Å². The SMILES string of the molecule is CN1CCCC(N(C)C(CN)c2ccc(F)c(F)c2)C1. The number of likely N-dealkylation sites (N-methyl/N-ethyl adjacent to an activating group) is 2. The van der Waals surface area contributed by atoms with Gasteiger partial charge in [0.1, 0.15) is 0 Å². The van der Waals surface area contributed by atoms with Crippen molar-refractivity contribution in [2.75, 3.05) is 33.7 Å². The summed E-state index contributed by atoms with van der Waals surface area (Å²) in [5, 5.41) is 0. The van der Waals surface area contributed by atoms with Crippen molar-refractivity contribution in [2.24, 2.45) is 5.73 Å². The fraction of sp³-hybridized carbons (Fsp3) is 0.600. The van der Waals surface area contributed by atoms with Crippen molar-refractivity contribution >= 4 is 0 Å². The first-order valence-corrected chi connectivity index (χ1v) is 7.08. The van der Waals surface area contributed by atoms with E-state index in [-0.39, 0.29) is 6.04 Å². The third kappa shape index (κ3) is 3.34. The molecule has 1 aromatic carbocycles. The number of hydrogen-bond acceptors (Lipinski definition) is 3. The van der Waals surface area contributed by atoms with E-state index < -0.39 is 11.6 Å². The summed E-state index contributed by atoms with van der Waals surface area (Å²) in [6.07, 6.45) is 2.27. The Hall–Kier alpha value is -1.04. The van der Waals surface area contributed by atoms with Crippen LogP contribution in [-0.2, 0) is 0 Å². The van der Waals surface area contributed by atoms with Gasteiger partial charge in [0.05, 0.1) is 0 Å². The minimum atomic E-state index is -0.815. The molecule has 0 radical (unpaired) electrons. The maximum absolute atomic E-state index is 13.4. The highest BCUT2D eigenvalue weighted by atomic mass is 19.2. The summed E-state index contributed by atoms with van der Waals surface area (Å²) in [4.78, 5) is 4.49.